The number of anilines is 1. The van der Waals surface area contributed by atoms with Crippen molar-refractivity contribution >= 4 is 23.7 Å². The van der Waals surface area contributed by atoms with Crippen molar-refractivity contribution in [3.05, 3.63) is 59.3 Å². The van der Waals surface area contributed by atoms with Crippen LogP contribution in [0.15, 0.2) is 46.9 Å². The third-order valence-electron chi connectivity index (χ3n) is 7.80. The van der Waals surface area contributed by atoms with E-state index in [0.29, 0.717) is 28.8 Å². The smallest absolute Gasteiger partial charge is 0.229 e. The van der Waals surface area contributed by atoms with E-state index in [1.165, 1.54) is 11.6 Å². The fraction of sp³-hybridized carbons (Fsp3) is 0.484. The highest BCUT2D eigenvalue weighted by atomic mass is 19.1. The number of allylic oxidation sites excluding steroid dienone is 2. The molecule has 1 aliphatic rings. The van der Waals surface area contributed by atoms with Gasteiger partial charge in [0.15, 0.2) is 11.6 Å². The van der Waals surface area contributed by atoms with Gasteiger partial charge in [-0.1, -0.05) is 25.5 Å². The lowest BCUT2D eigenvalue weighted by atomic mass is 10.0. The maximum atomic E-state index is 15.0. The molecule has 0 spiro atoms. The molecule has 0 amide bonds. The van der Waals surface area contributed by atoms with E-state index in [1.54, 1.807) is 6.07 Å². The zero-order valence-corrected chi connectivity index (χ0v) is 25.1. The van der Waals surface area contributed by atoms with Gasteiger partial charge in [-0.05, 0) is 78.6 Å². The fourth-order valence-corrected chi connectivity index (χ4v) is 5.74. The third-order valence-corrected chi connectivity index (χ3v) is 7.80. The summed E-state index contributed by atoms with van der Waals surface area (Å²) in [4.78, 5) is 22.0. The summed E-state index contributed by atoms with van der Waals surface area (Å²) in [6, 6.07) is 3.37. The molecule has 1 fully saturated rings. The second-order valence-corrected chi connectivity index (χ2v) is 10.8. The molecule has 4 rings (SSSR count). The van der Waals surface area contributed by atoms with Gasteiger partial charge in [-0.25, -0.2) is 28.7 Å². The topological polar surface area (TPSA) is 74.5 Å². The van der Waals surface area contributed by atoms with Crippen LogP contribution in [0.2, 0.25) is 0 Å². The van der Waals surface area contributed by atoms with Crippen molar-refractivity contribution in [3.63, 3.8) is 0 Å². The number of hydrogen-bond donors (Lipinski definition) is 1. The number of aliphatic imine (C=N–C) groups is 1. The molecule has 1 saturated heterocycles. The van der Waals surface area contributed by atoms with Crippen molar-refractivity contribution in [3.8, 4) is 11.3 Å². The van der Waals surface area contributed by atoms with Gasteiger partial charge in [0.25, 0.3) is 0 Å². The summed E-state index contributed by atoms with van der Waals surface area (Å²) in [5, 5.41) is 3.03. The van der Waals surface area contributed by atoms with Crippen LogP contribution in [-0.4, -0.2) is 74.8 Å². The molecular weight excluding hydrogens is 522 g/mol. The van der Waals surface area contributed by atoms with Gasteiger partial charge in [-0.15, -0.1) is 0 Å². The number of imidazole rings is 1. The molecule has 3 heterocycles. The number of hydrogen-bond acceptors (Lipinski definition) is 7. The van der Waals surface area contributed by atoms with Gasteiger partial charge in [0, 0.05) is 37.3 Å². The third kappa shape index (κ3) is 6.87. The quantitative estimate of drug-likeness (QED) is 0.228. The zero-order chi connectivity index (χ0) is 29.7. The van der Waals surface area contributed by atoms with E-state index in [1.807, 2.05) is 37.5 Å². The number of nitrogens with zero attached hydrogens (tertiary/aromatic N) is 7. The van der Waals surface area contributed by atoms with Crippen molar-refractivity contribution in [1.82, 2.24) is 29.3 Å². The molecule has 41 heavy (non-hydrogen) atoms. The van der Waals surface area contributed by atoms with Crippen molar-refractivity contribution < 1.29 is 8.78 Å². The van der Waals surface area contributed by atoms with Gasteiger partial charge in [0.05, 0.1) is 11.7 Å². The molecule has 0 saturated carbocycles. The van der Waals surface area contributed by atoms with Gasteiger partial charge >= 0.3 is 0 Å². The van der Waals surface area contributed by atoms with Crippen LogP contribution in [-0.2, 0) is 0 Å². The molecular formula is C31H42F2N8. The molecule has 220 valence electrons. The first-order chi connectivity index (χ1) is 19.7. The number of fused-ring (bicyclic) bond motifs is 1. The van der Waals surface area contributed by atoms with Crippen LogP contribution in [0.25, 0.3) is 22.3 Å². The average molecular weight is 565 g/mol. The lowest BCUT2D eigenvalue weighted by Crippen LogP contribution is -2.38. The minimum Gasteiger partial charge on any atom is -0.326 e. The Labute approximate surface area is 241 Å². The fourth-order valence-electron chi connectivity index (χ4n) is 5.74. The number of rotatable bonds is 10. The summed E-state index contributed by atoms with van der Waals surface area (Å²) in [5.41, 5.74) is 2.36. The molecule has 1 N–H and O–H groups in total. The van der Waals surface area contributed by atoms with E-state index in [4.69, 9.17) is 0 Å². The van der Waals surface area contributed by atoms with Crippen molar-refractivity contribution in [2.24, 2.45) is 4.99 Å². The lowest BCUT2D eigenvalue weighted by molar-refractivity contribution is 0.217. The van der Waals surface area contributed by atoms with Gasteiger partial charge < -0.3 is 14.8 Å². The second kappa shape index (κ2) is 13.4. The van der Waals surface area contributed by atoms with Crippen LogP contribution in [0.4, 0.5) is 14.7 Å². The molecule has 2 aromatic heterocycles. The van der Waals surface area contributed by atoms with Crippen LogP contribution in [0.5, 0.6) is 0 Å². The molecule has 0 aliphatic carbocycles. The summed E-state index contributed by atoms with van der Waals surface area (Å²) in [6.07, 6.45) is 7.12. The lowest BCUT2D eigenvalue weighted by Gasteiger charge is -2.30. The van der Waals surface area contributed by atoms with Crippen LogP contribution in [0.3, 0.4) is 0 Å². The predicted octanol–water partition coefficient (Wildman–Crippen LogP) is 6.37. The highest BCUT2D eigenvalue weighted by Gasteiger charge is 2.22. The van der Waals surface area contributed by atoms with Crippen LogP contribution >= 0.6 is 0 Å². The number of benzene rings is 1. The summed E-state index contributed by atoms with van der Waals surface area (Å²) >= 11 is 0. The summed E-state index contributed by atoms with van der Waals surface area (Å²) < 4.78 is 31.9. The van der Waals surface area contributed by atoms with E-state index in [9.17, 15) is 4.39 Å². The van der Waals surface area contributed by atoms with E-state index in [0.717, 1.165) is 51.8 Å². The minimum absolute atomic E-state index is 0.0130. The molecule has 1 aromatic carbocycles. The molecule has 10 heteroatoms. The highest BCUT2D eigenvalue weighted by Crippen LogP contribution is 2.30. The van der Waals surface area contributed by atoms with Crippen molar-refractivity contribution in [2.45, 2.75) is 66.5 Å². The molecule has 8 nitrogen and oxygen atoms in total. The summed E-state index contributed by atoms with van der Waals surface area (Å²) in [7, 11) is 0. The molecule has 1 atom stereocenters. The number of aromatic nitrogens is 4. The highest BCUT2D eigenvalue weighted by molar-refractivity contribution is 5.83. The summed E-state index contributed by atoms with van der Waals surface area (Å²) in [6.45, 7) is 21.5. The Balaban J connectivity index is 1.58. The molecule has 0 bridgehead atoms. The Morgan fingerprint density at radius 3 is 2.56 bits per heavy atom. The molecule has 3 aromatic rings. The first-order valence-corrected chi connectivity index (χ1v) is 14.5. The Morgan fingerprint density at radius 2 is 1.88 bits per heavy atom. The minimum atomic E-state index is -0.653. The van der Waals surface area contributed by atoms with Crippen LogP contribution in [0, 0.1) is 18.6 Å². The number of nitrogens with one attached hydrogen (secondary N) is 1. The molecule has 0 radical (unpaired) electrons. The largest absolute Gasteiger partial charge is 0.326 e. The van der Waals surface area contributed by atoms with Crippen LogP contribution < -0.4 is 5.32 Å². The average Bonchev–Trinajstić information content (AvgIpc) is 3.12. The predicted molar refractivity (Wildman–Crippen MR) is 163 cm³/mol. The SMILES string of the molecule is C=N/C(=C\C=C(/C)[C@@H](CC)N1CCCN(CC)CC1)Nc1ncc(F)c(-c2cc(F)c3nc(C)n(C(C)C)c3c2)n1. The maximum absolute atomic E-state index is 15.0. The standard InChI is InChI=1S/C31H42F2N8/c1-8-26(40-14-10-13-39(9-2)15-16-40)21(5)11-12-28(34-7)37-31-35-19-25(33)29(38-31)23-17-24(32)30-27(18-23)41(20(3)4)22(6)36-30/h11-12,17-20,26H,7-10,13-16H2,1-6H3,(H,35,37,38)/b21-11+,28-12+/t26-/m1/s1. The van der Waals surface area contributed by atoms with Gasteiger partial charge in [-0.2, -0.15) is 0 Å². The number of halogens is 2. The molecule has 1 aliphatic heterocycles. The number of aryl methyl sites for hydroxylation is 1. The maximum Gasteiger partial charge on any atom is 0.229 e. The zero-order valence-electron chi connectivity index (χ0n) is 25.1. The Kier molecular flexibility index (Phi) is 9.99. The Hall–Kier alpha value is -3.50. The van der Waals surface area contributed by atoms with Gasteiger partial charge in [-0.3, -0.25) is 4.90 Å². The van der Waals surface area contributed by atoms with Crippen LogP contribution in [0.1, 0.15) is 59.3 Å². The van der Waals surface area contributed by atoms with Crippen molar-refractivity contribution in [2.75, 3.05) is 38.0 Å². The first kappa shape index (κ1) is 30.5. The van der Waals surface area contributed by atoms with E-state index in [-0.39, 0.29) is 23.2 Å². The second-order valence-electron chi connectivity index (χ2n) is 10.8. The number of likely N-dealkylation sites (N-methyl/N-ethyl adjacent to an activating group) is 1. The van der Waals surface area contributed by atoms with E-state index >= 15 is 4.39 Å². The van der Waals surface area contributed by atoms with Crippen molar-refractivity contribution in [1.29, 1.82) is 0 Å². The van der Waals surface area contributed by atoms with Gasteiger partial charge in [0.1, 0.15) is 22.9 Å². The summed E-state index contributed by atoms with van der Waals surface area (Å²) in [5.74, 6) is 0.0771. The Morgan fingerprint density at radius 1 is 1.10 bits per heavy atom. The van der Waals surface area contributed by atoms with Gasteiger partial charge in [0.2, 0.25) is 5.95 Å². The normalized spacial score (nSPS) is 16.8. The van der Waals surface area contributed by atoms with E-state index < -0.39 is 11.6 Å². The Bertz CT molecular complexity index is 1440. The molecule has 0 unspecified atom stereocenters. The monoisotopic (exact) mass is 564 g/mol. The van der Waals surface area contributed by atoms with E-state index in [2.05, 4.69) is 62.5 Å². The first-order valence-electron chi connectivity index (χ1n) is 14.5.